The Labute approximate surface area is 217 Å². The number of nitrogens with one attached hydrogen (secondary N) is 1. The highest BCUT2D eigenvalue weighted by molar-refractivity contribution is 14.1. The first-order valence-electron chi connectivity index (χ1n) is 11.3. The number of hydrogen-bond donors (Lipinski definition) is 2. The Balaban J connectivity index is 1.51. The van der Waals surface area contributed by atoms with E-state index in [1.807, 2.05) is 78.9 Å². The van der Waals surface area contributed by atoms with Crippen molar-refractivity contribution >= 4 is 40.5 Å². The van der Waals surface area contributed by atoms with Crippen molar-refractivity contribution in [1.82, 2.24) is 10.2 Å². The molecule has 1 aliphatic rings. The Kier molecular flexibility index (Phi) is 8.02. The lowest BCUT2D eigenvalue weighted by Gasteiger charge is -2.35. The van der Waals surface area contributed by atoms with Crippen molar-refractivity contribution in [3.63, 3.8) is 0 Å². The van der Waals surface area contributed by atoms with Gasteiger partial charge in [0.1, 0.15) is 18.7 Å². The van der Waals surface area contributed by atoms with Crippen LogP contribution in [0.15, 0.2) is 78.9 Å². The quantitative estimate of drug-likeness (QED) is 0.416. The van der Waals surface area contributed by atoms with Crippen LogP contribution in [0.4, 0.5) is 4.79 Å². The molecule has 0 spiro atoms. The van der Waals surface area contributed by atoms with Crippen molar-refractivity contribution in [2.75, 3.05) is 0 Å². The summed E-state index contributed by atoms with van der Waals surface area (Å²) in [6, 6.07) is 23.0. The molecule has 1 aliphatic heterocycles. The lowest BCUT2D eigenvalue weighted by atomic mass is 9.93. The zero-order valence-corrected chi connectivity index (χ0v) is 21.2. The van der Waals surface area contributed by atoms with E-state index in [1.54, 1.807) is 0 Å². The van der Waals surface area contributed by atoms with Crippen molar-refractivity contribution in [3.8, 4) is 0 Å². The SMILES string of the molecule is NC(=O)[C@@H](Cc1ccc(I)cc1)NC(=O)[C@@H]1Cc2ccccc2CN1C(=O)OCc1ccccc1. The predicted molar refractivity (Wildman–Crippen MR) is 140 cm³/mol. The minimum Gasteiger partial charge on any atom is -0.445 e. The molecular weight excluding hydrogens is 557 g/mol. The number of nitrogens with two attached hydrogens (primary N) is 1. The highest BCUT2D eigenvalue weighted by atomic mass is 127. The third-order valence-electron chi connectivity index (χ3n) is 6.00. The van der Waals surface area contributed by atoms with Crippen LogP contribution in [0.3, 0.4) is 0 Å². The molecule has 0 unspecified atom stereocenters. The van der Waals surface area contributed by atoms with Gasteiger partial charge >= 0.3 is 6.09 Å². The molecule has 180 valence electrons. The molecule has 8 heteroatoms. The third-order valence-corrected chi connectivity index (χ3v) is 6.72. The summed E-state index contributed by atoms with van der Waals surface area (Å²) in [6.45, 7) is 0.336. The summed E-state index contributed by atoms with van der Waals surface area (Å²) in [6.07, 6.45) is -0.00576. The lowest BCUT2D eigenvalue weighted by molar-refractivity contribution is -0.131. The maximum absolute atomic E-state index is 13.4. The van der Waals surface area contributed by atoms with E-state index in [0.717, 1.165) is 25.8 Å². The van der Waals surface area contributed by atoms with Crippen LogP contribution in [-0.4, -0.2) is 34.9 Å². The molecule has 7 nitrogen and oxygen atoms in total. The van der Waals surface area contributed by atoms with E-state index in [1.165, 1.54) is 4.90 Å². The molecule has 1 heterocycles. The van der Waals surface area contributed by atoms with Gasteiger partial charge in [0, 0.05) is 16.4 Å². The van der Waals surface area contributed by atoms with Crippen molar-refractivity contribution in [1.29, 1.82) is 0 Å². The van der Waals surface area contributed by atoms with E-state index < -0.39 is 30.0 Å². The van der Waals surface area contributed by atoms with Gasteiger partial charge in [-0.1, -0.05) is 66.7 Å². The highest BCUT2D eigenvalue weighted by Crippen LogP contribution is 2.25. The van der Waals surface area contributed by atoms with E-state index >= 15 is 0 Å². The fourth-order valence-corrected chi connectivity index (χ4v) is 4.46. The second-order valence-corrected chi connectivity index (χ2v) is 9.70. The molecule has 3 aromatic rings. The summed E-state index contributed by atoms with van der Waals surface area (Å²) >= 11 is 2.20. The largest absolute Gasteiger partial charge is 0.445 e. The zero-order valence-electron chi connectivity index (χ0n) is 19.0. The van der Waals surface area contributed by atoms with Crippen molar-refractivity contribution in [2.45, 2.75) is 38.1 Å². The van der Waals surface area contributed by atoms with Crippen LogP contribution in [0.5, 0.6) is 0 Å². The maximum atomic E-state index is 13.4. The number of halogens is 1. The fraction of sp³-hybridized carbons (Fsp3) is 0.222. The van der Waals surface area contributed by atoms with Gasteiger partial charge in [-0.25, -0.2) is 4.79 Å². The van der Waals surface area contributed by atoms with Crippen LogP contribution in [0.25, 0.3) is 0 Å². The summed E-state index contributed by atoms with van der Waals surface area (Å²) in [7, 11) is 0. The molecular formula is C27H26IN3O4. The number of carbonyl (C=O) groups excluding carboxylic acids is 3. The molecule has 0 aromatic heterocycles. The number of amides is 3. The predicted octanol–water partition coefficient (Wildman–Crippen LogP) is 3.57. The number of rotatable bonds is 7. The molecule has 0 saturated heterocycles. The fourth-order valence-electron chi connectivity index (χ4n) is 4.10. The van der Waals surface area contributed by atoms with Gasteiger partial charge in [-0.3, -0.25) is 14.5 Å². The summed E-state index contributed by atoms with van der Waals surface area (Å²) in [5.41, 5.74) is 9.28. The Hall–Kier alpha value is -3.40. The first kappa shape index (κ1) is 24.7. The van der Waals surface area contributed by atoms with Crippen LogP contribution < -0.4 is 11.1 Å². The molecule has 0 bridgehead atoms. The molecule has 3 aromatic carbocycles. The number of carbonyl (C=O) groups is 3. The first-order chi connectivity index (χ1) is 16.9. The molecule has 0 radical (unpaired) electrons. The standard InChI is InChI=1S/C27H26IN3O4/c28-22-12-10-18(11-13-22)14-23(25(29)32)30-26(33)24-15-20-8-4-5-9-21(20)16-31(24)27(34)35-17-19-6-2-1-3-7-19/h1-13,23-24H,14-17H2,(H2,29,32)(H,30,33)/t23-,24+/m1/s1. The molecule has 35 heavy (non-hydrogen) atoms. The summed E-state index contributed by atoms with van der Waals surface area (Å²) < 4.78 is 6.60. The Bertz CT molecular complexity index is 1200. The van der Waals surface area contributed by atoms with Crippen molar-refractivity contribution < 1.29 is 19.1 Å². The molecule has 0 fully saturated rings. The van der Waals surface area contributed by atoms with Crippen LogP contribution in [-0.2, 0) is 40.3 Å². The minimum atomic E-state index is -0.901. The van der Waals surface area contributed by atoms with E-state index in [0.29, 0.717) is 6.42 Å². The monoisotopic (exact) mass is 583 g/mol. The molecule has 3 N–H and O–H groups in total. The van der Waals surface area contributed by atoms with E-state index in [9.17, 15) is 14.4 Å². The van der Waals surface area contributed by atoms with Gasteiger partial charge in [0.25, 0.3) is 0 Å². The minimum absolute atomic E-state index is 0.100. The molecule has 0 saturated carbocycles. The number of benzene rings is 3. The van der Waals surface area contributed by atoms with Gasteiger partial charge < -0.3 is 15.8 Å². The van der Waals surface area contributed by atoms with Gasteiger partial charge in [0.2, 0.25) is 11.8 Å². The van der Waals surface area contributed by atoms with Crippen LogP contribution in [0.1, 0.15) is 22.3 Å². The highest BCUT2D eigenvalue weighted by Gasteiger charge is 2.37. The zero-order chi connectivity index (χ0) is 24.8. The van der Waals surface area contributed by atoms with Gasteiger partial charge in [-0.05, 0) is 57.0 Å². The Morgan fingerprint density at radius 2 is 1.60 bits per heavy atom. The number of hydrogen-bond acceptors (Lipinski definition) is 4. The topological polar surface area (TPSA) is 102 Å². The van der Waals surface area contributed by atoms with E-state index in [4.69, 9.17) is 10.5 Å². The molecule has 2 atom stereocenters. The second kappa shape index (κ2) is 11.4. The van der Waals surface area contributed by atoms with E-state index in [2.05, 4.69) is 27.9 Å². The van der Waals surface area contributed by atoms with Crippen LogP contribution in [0.2, 0.25) is 0 Å². The Morgan fingerprint density at radius 3 is 2.29 bits per heavy atom. The van der Waals surface area contributed by atoms with Crippen LogP contribution in [0, 0.1) is 3.57 Å². The summed E-state index contributed by atoms with van der Waals surface area (Å²) in [4.78, 5) is 40.0. The number of ether oxygens (including phenoxy) is 1. The number of fused-ring (bicyclic) bond motifs is 1. The molecule has 0 aliphatic carbocycles. The number of nitrogens with zero attached hydrogens (tertiary/aromatic N) is 1. The summed E-state index contributed by atoms with van der Waals surface area (Å²) in [5.74, 6) is -1.07. The van der Waals surface area contributed by atoms with Crippen molar-refractivity contribution in [2.24, 2.45) is 5.73 Å². The Morgan fingerprint density at radius 1 is 0.943 bits per heavy atom. The van der Waals surface area contributed by atoms with E-state index in [-0.39, 0.29) is 19.6 Å². The maximum Gasteiger partial charge on any atom is 0.411 e. The van der Waals surface area contributed by atoms with Crippen LogP contribution >= 0.6 is 22.6 Å². The van der Waals surface area contributed by atoms with Crippen molar-refractivity contribution in [3.05, 3.63) is 105 Å². The van der Waals surface area contributed by atoms with Gasteiger partial charge in [0.05, 0.1) is 6.54 Å². The molecule has 4 rings (SSSR count). The third kappa shape index (κ3) is 6.39. The average molecular weight is 583 g/mol. The molecule has 3 amide bonds. The normalized spacial score (nSPS) is 15.6. The second-order valence-electron chi connectivity index (χ2n) is 8.45. The average Bonchev–Trinajstić information content (AvgIpc) is 2.87. The van der Waals surface area contributed by atoms with Gasteiger partial charge in [-0.15, -0.1) is 0 Å². The van der Waals surface area contributed by atoms with Gasteiger partial charge in [0.15, 0.2) is 0 Å². The number of primary amides is 1. The lowest BCUT2D eigenvalue weighted by Crippen LogP contribution is -2.56. The smallest absolute Gasteiger partial charge is 0.411 e. The summed E-state index contributed by atoms with van der Waals surface area (Å²) in [5, 5.41) is 2.77. The first-order valence-corrected chi connectivity index (χ1v) is 12.4. The van der Waals surface area contributed by atoms with Gasteiger partial charge in [-0.2, -0.15) is 0 Å².